The van der Waals surface area contributed by atoms with E-state index in [4.69, 9.17) is 5.73 Å². The lowest BCUT2D eigenvalue weighted by molar-refractivity contribution is -0.107. The minimum absolute atomic E-state index is 0.0407. The topological polar surface area (TPSA) is 46.2 Å². The van der Waals surface area contributed by atoms with Gasteiger partial charge in [0.25, 0.3) is 0 Å². The first-order chi connectivity index (χ1) is 8.24. The van der Waals surface area contributed by atoms with Crippen molar-refractivity contribution in [2.75, 3.05) is 6.54 Å². The monoisotopic (exact) mass is 255 g/mol. The lowest BCUT2D eigenvalue weighted by Gasteiger charge is -2.47. The van der Waals surface area contributed by atoms with Crippen molar-refractivity contribution in [2.45, 2.75) is 72.3 Å². The Bertz CT molecular complexity index is 252. The molecule has 0 aromatic rings. The maximum atomic E-state index is 11.3. The van der Waals surface area contributed by atoms with Gasteiger partial charge < -0.3 is 10.8 Å². The molecule has 1 saturated carbocycles. The van der Waals surface area contributed by atoms with Crippen LogP contribution in [-0.4, -0.2) is 17.3 Å². The second kappa shape index (κ2) is 5.92. The van der Waals surface area contributed by atoms with Crippen molar-refractivity contribution in [3.63, 3.8) is 0 Å². The van der Waals surface area contributed by atoms with Crippen LogP contribution in [0.4, 0.5) is 0 Å². The lowest BCUT2D eigenvalue weighted by Crippen LogP contribution is -2.52. The quantitative estimate of drug-likeness (QED) is 0.762. The van der Waals surface area contributed by atoms with Gasteiger partial charge in [-0.3, -0.25) is 0 Å². The van der Waals surface area contributed by atoms with Crippen molar-refractivity contribution in [3.8, 4) is 0 Å². The molecule has 0 aliphatic heterocycles. The van der Waals surface area contributed by atoms with E-state index in [1.54, 1.807) is 0 Å². The number of hydrogen-bond acceptors (Lipinski definition) is 2. The molecule has 1 aliphatic rings. The van der Waals surface area contributed by atoms with Gasteiger partial charge in [-0.15, -0.1) is 0 Å². The molecule has 2 atom stereocenters. The summed E-state index contributed by atoms with van der Waals surface area (Å²) in [5.41, 5.74) is 5.49. The molecular formula is C16H33NO. The van der Waals surface area contributed by atoms with E-state index in [1.165, 1.54) is 6.42 Å². The van der Waals surface area contributed by atoms with Gasteiger partial charge in [-0.2, -0.15) is 0 Å². The summed E-state index contributed by atoms with van der Waals surface area (Å²) in [7, 11) is 0. The van der Waals surface area contributed by atoms with Gasteiger partial charge in [-0.1, -0.05) is 41.0 Å². The van der Waals surface area contributed by atoms with E-state index >= 15 is 0 Å². The molecule has 0 heterocycles. The van der Waals surface area contributed by atoms with Crippen LogP contribution in [0.15, 0.2) is 0 Å². The van der Waals surface area contributed by atoms with Crippen molar-refractivity contribution in [3.05, 3.63) is 0 Å². The Kier molecular flexibility index (Phi) is 5.25. The Labute approximate surface area is 113 Å². The molecule has 0 aromatic carbocycles. The van der Waals surface area contributed by atoms with Crippen molar-refractivity contribution < 1.29 is 5.11 Å². The predicted molar refractivity (Wildman–Crippen MR) is 78.4 cm³/mol. The van der Waals surface area contributed by atoms with Crippen LogP contribution in [0, 0.1) is 23.2 Å². The van der Waals surface area contributed by atoms with Gasteiger partial charge in [0, 0.05) is 12.0 Å². The normalized spacial score (nSPS) is 29.5. The summed E-state index contributed by atoms with van der Waals surface area (Å²) in [6.07, 6.45) is 5.18. The van der Waals surface area contributed by atoms with E-state index in [1.807, 2.05) is 0 Å². The minimum atomic E-state index is -0.575. The Balaban J connectivity index is 2.99. The van der Waals surface area contributed by atoms with Crippen LogP contribution < -0.4 is 5.73 Å². The largest absolute Gasteiger partial charge is 0.389 e. The first-order valence-corrected chi connectivity index (χ1v) is 7.67. The summed E-state index contributed by atoms with van der Waals surface area (Å²) >= 11 is 0. The summed E-state index contributed by atoms with van der Waals surface area (Å²) in [6.45, 7) is 11.7. The SMILES string of the molecule is CC(C)CC(O)(CC(C)C)C1(CN)CCC(C)C1. The molecule has 2 nitrogen and oxygen atoms in total. The van der Waals surface area contributed by atoms with Crippen molar-refractivity contribution in [2.24, 2.45) is 28.9 Å². The summed E-state index contributed by atoms with van der Waals surface area (Å²) in [5.74, 6) is 1.75. The fraction of sp³-hybridized carbons (Fsp3) is 1.00. The van der Waals surface area contributed by atoms with E-state index in [0.717, 1.165) is 25.7 Å². The molecule has 1 fully saturated rings. The maximum Gasteiger partial charge on any atom is 0.0720 e. The third kappa shape index (κ3) is 3.27. The third-order valence-corrected chi connectivity index (χ3v) is 4.72. The van der Waals surface area contributed by atoms with E-state index in [0.29, 0.717) is 24.3 Å². The molecule has 0 saturated heterocycles. The second-order valence-electron chi connectivity index (χ2n) is 7.56. The second-order valence-corrected chi connectivity index (χ2v) is 7.56. The summed E-state index contributed by atoms with van der Waals surface area (Å²) in [5, 5.41) is 11.3. The standard InChI is InChI=1S/C16H33NO/c1-12(2)8-16(18,9-13(3)4)15(11-17)7-6-14(5)10-15/h12-14,18H,6-11,17H2,1-5H3. The van der Waals surface area contributed by atoms with Crippen LogP contribution in [0.3, 0.4) is 0 Å². The van der Waals surface area contributed by atoms with Crippen molar-refractivity contribution in [1.29, 1.82) is 0 Å². The molecule has 108 valence electrons. The molecule has 3 N–H and O–H groups in total. The Morgan fingerprint density at radius 3 is 2.00 bits per heavy atom. The zero-order valence-electron chi connectivity index (χ0n) is 13.0. The molecule has 0 amide bonds. The lowest BCUT2D eigenvalue weighted by atomic mass is 9.63. The Morgan fingerprint density at radius 1 is 1.22 bits per heavy atom. The molecule has 2 unspecified atom stereocenters. The molecule has 0 radical (unpaired) electrons. The zero-order chi connectivity index (χ0) is 14.0. The van der Waals surface area contributed by atoms with Gasteiger partial charge in [0.2, 0.25) is 0 Å². The smallest absolute Gasteiger partial charge is 0.0720 e. The number of nitrogens with two attached hydrogens (primary N) is 1. The zero-order valence-corrected chi connectivity index (χ0v) is 13.0. The van der Waals surface area contributed by atoms with E-state index in [-0.39, 0.29) is 5.41 Å². The van der Waals surface area contributed by atoms with Gasteiger partial charge in [-0.05, 0) is 43.4 Å². The van der Waals surface area contributed by atoms with Gasteiger partial charge in [0.15, 0.2) is 0 Å². The molecule has 0 aromatic heterocycles. The highest BCUT2D eigenvalue weighted by Gasteiger charge is 2.52. The van der Waals surface area contributed by atoms with Crippen LogP contribution in [-0.2, 0) is 0 Å². The van der Waals surface area contributed by atoms with Gasteiger partial charge in [0.1, 0.15) is 0 Å². The maximum absolute atomic E-state index is 11.3. The van der Waals surface area contributed by atoms with Gasteiger partial charge in [-0.25, -0.2) is 0 Å². The fourth-order valence-electron chi connectivity index (χ4n) is 4.06. The highest BCUT2D eigenvalue weighted by atomic mass is 16.3. The summed E-state index contributed by atoms with van der Waals surface area (Å²) in [6, 6.07) is 0. The number of rotatable bonds is 6. The average Bonchev–Trinajstić information content (AvgIpc) is 2.59. The average molecular weight is 255 g/mol. The number of hydrogen-bond donors (Lipinski definition) is 2. The van der Waals surface area contributed by atoms with Gasteiger partial charge in [0.05, 0.1) is 5.60 Å². The van der Waals surface area contributed by atoms with Crippen molar-refractivity contribution in [1.82, 2.24) is 0 Å². The Morgan fingerprint density at radius 2 is 1.72 bits per heavy atom. The molecular weight excluding hydrogens is 222 g/mol. The molecule has 1 aliphatic carbocycles. The Hall–Kier alpha value is -0.0800. The first kappa shape index (κ1) is 16.0. The van der Waals surface area contributed by atoms with Crippen LogP contribution in [0.25, 0.3) is 0 Å². The fourth-order valence-corrected chi connectivity index (χ4v) is 4.06. The predicted octanol–water partition coefficient (Wildman–Crippen LogP) is 3.57. The number of aliphatic hydroxyl groups is 1. The summed E-state index contributed by atoms with van der Waals surface area (Å²) < 4.78 is 0. The first-order valence-electron chi connectivity index (χ1n) is 7.67. The van der Waals surface area contributed by atoms with Crippen molar-refractivity contribution >= 4 is 0 Å². The van der Waals surface area contributed by atoms with Crippen LogP contribution >= 0.6 is 0 Å². The van der Waals surface area contributed by atoms with E-state index < -0.39 is 5.60 Å². The van der Waals surface area contributed by atoms with E-state index in [2.05, 4.69) is 34.6 Å². The van der Waals surface area contributed by atoms with Crippen LogP contribution in [0.5, 0.6) is 0 Å². The van der Waals surface area contributed by atoms with Gasteiger partial charge >= 0.3 is 0 Å². The molecule has 0 bridgehead atoms. The molecule has 0 spiro atoms. The summed E-state index contributed by atoms with van der Waals surface area (Å²) in [4.78, 5) is 0. The molecule has 2 heteroatoms. The van der Waals surface area contributed by atoms with E-state index in [9.17, 15) is 5.11 Å². The minimum Gasteiger partial charge on any atom is -0.389 e. The highest BCUT2D eigenvalue weighted by Crippen LogP contribution is 2.52. The molecule has 1 rings (SSSR count). The third-order valence-electron chi connectivity index (χ3n) is 4.72. The molecule has 18 heavy (non-hydrogen) atoms. The highest BCUT2D eigenvalue weighted by molar-refractivity contribution is 5.04. The van der Waals surface area contributed by atoms with Crippen LogP contribution in [0.2, 0.25) is 0 Å². The van der Waals surface area contributed by atoms with Crippen LogP contribution in [0.1, 0.15) is 66.7 Å².